The lowest BCUT2D eigenvalue weighted by molar-refractivity contribution is -0.139. The number of carbonyl (C=O) groups excluding carboxylic acids is 1. The van der Waals surface area contributed by atoms with Gasteiger partial charge in [-0.3, -0.25) is 9.69 Å². The van der Waals surface area contributed by atoms with Gasteiger partial charge in [-0.1, -0.05) is 17.7 Å². The van der Waals surface area contributed by atoms with Crippen molar-refractivity contribution in [1.29, 1.82) is 0 Å². The summed E-state index contributed by atoms with van der Waals surface area (Å²) in [4.78, 5) is 24.0. The van der Waals surface area contributed by atoms with Crippen molar-refractivity contribution in [3.63, 3.8) is 0 Å². The zero-order valence-corrected chi connectivity index (χ0v) is 14.4. The highest BCUT2D eigenvalue weighted by Crippen LogP contribution is 2.19. The Morgan fingerprint density at radius 1 is 1.38 bits per heavy atom. The molecule has 0 bridgehead atoms. The molecule has 1 aromatic heterocycles. The summed E-state index contributed by atoms with van der Waals surface area (Å²) in [5.74, 6) is 1.57. The molecule has 6 nitrogen and oxygen atoms in total. The van der Waals surface area contributed by atoms with Gasteiger partial charge in [0.25, 0.3) is 5.91 Å². The minimum Gasteiger partial charge on any atom is -0.481 e. The summed E-state index contributed by atoms with van der Waals surface area (Å²) in [6.07, 6.45) is 3.05. The molecule has 0 unspecified atom stereocenters. The number of hydrogen-bond donors (Lipinski definition) is 1. The molecule has 1 N–H and O–H groups in total. The summed E-state index contributed by atoms with van der Waals surface area (Å²) in [6.45, 7) is 5.61. The Bertz CT molecular complexity index is 669. The molecule has 1 amide bonds. The van der Waals surface area contributed by atoms with Gasteiger partial charge in [-0.05, 0) is 25.1 Å². The first-order valence-corrected chi connectivity index (χ1v) is 8.41. The van der Waals surface area contributed by atoms with E-state index in [1.807, 2.05) is 17.2 Å². The van der Waals surface area contributed by atoms with Crippen molar-refractivity contribution in [2.45, 2.75) is 19.6 Å². The molecule has 0 radical (unpaired) electrons. The van der Waals surface area contributed by atoms with E-state index in [4.69, 9.17) is 16.3 Å². The molecule has 2 aromatic rings. The molecule has 1 fully saturated rings. The molecule has 24 heavy (non-hydrogen) atoms. The highest BCUT2D eigenvalue weighted by molar-refractivity contribution is 6.30. The number of amides is 1. The minimum atomic E-state index is -0.528. The molecule has 7 heteroatoms. The Hall–Kier alpha value is -2.05. The van der Waals surface area contributed by atoms with E-state index in [9.17, 15) is 4.79 Å². The molecule has 1 aliphatic heterocycles. The zero-order chi connectivity index (χ0) is 16.9. The fourth-order valence-electron chi connectivity index (χ4n) is 2.77. The van der Waals surface area contributed by atoms with Gasteiger partial charge in [0.1, 0.15) is 11.6 Å². The average molecular weight is 349 g/mol. The summed E-state index contributed by atoms with van der Waals surface area (Å²) in [7, 11) is 0. The molecule has 128 valence electrons. The number of H-pyrrole nitrogens is 1. The number of rotatable bonds is 5. The first kappa shape index (κ1) is 16.8. The third-order valence-corrected chi connectivity index (χ3v) is 4.30. The Kier molecular flexibility index (Phi) is 5.37. The number of carbonyl (C=O) groups is 1. The van der Waals surface area contributed by atoms with E-state index in [1.54, 1.807) is 31.3 Å². The van der Waals surface area contributed by atoms with Crippen LogP contribution in [0.25, 0.3) is 0 Å². The van der Waals surface area contributed by atoms with E-state index in [0.717, 1.165) is 25.5 Å². The van der Waals surface area contributed by atoms with Crippen molar-refractivity contribution in [2.75, 3.05) is 26.2 Å². The molecule has 0 aliphatic carbocycles. The quantitative estimate of drug-likeness (QED) is 0.899. The predicted octanol–water partition coefficient (Wildman–Crippen LogP) is 2.17. The van der Waals surface area contributed by atoms with Crippen LogP contribution in [0.15, 0.2) is 36.7 Å². The summed E-state index contributed by atoms with van der Waals surface area (Å²) in [5, 5.41) is 0.596. The van der Waals surface area contributed by atoms with Crippen LogP contribution in [0, 0.1) is 0 Å². The predicted molar refractivity (Wildman–Crippen MR) is 92.0 cm³/mol. The van der Waals surface area contributed by atoms with E-state index in [1.165, 1.54) is 0 Å². The van der Waals surface area contributed by atoms with Crippen LogP contribution < -0.4 is 4.74 Å². The smallest absolute Gasteiger partial charge is 0.263 e. The molecule has 2 heterocycles. The van der Waals surface area contributed by atoms with Crippen LogP contribution in [0.1, 0.15) is 12.7 Å². The second-order valence-corrected chi connectivity index (χ2v) is 6.29. The highest BCUT2D eigenvalue weighted by Gasteiger charge is 2.26. The van der Waals surface area contributed by atoms with Crippen LogP contribution in [0.3, 0.4) is 0 Å². The molecule has 1 atom stereocenters. The van der Waals surface area contributed by atoms with Crippen LogP contribution in [0.4, 0.5) is 0 Å². The van der Waals surface area contributed by atoms with Gasteiger partial charge in [0.15, 0.2) is 6.10 Å². The van der Waals surface area contributed by atoms with Crippen molar-refractivity contribution in [2.24, 2.45) is 0 Å². The maximum Gasteiger partial charge on any atom is 0.263 e. The Labute approximate surface area is 146 Å². The first-order chi connectivity index (χ1) is 11.6. The lowest BCUT2D eigenvalue weighted by atomic mass is 10.2. The molecular weight excluding hydrogens is 328 g/mol. The van der Waals surface area contributed by atoms with E-state index >= 15 is 0 Å². The fourth-order valence-corrected chi connectivity index (χ4v) is 2.95. The SMILES string of the molecule is C[C@H](Oc1cccc(Cl)c1)C(=O)N1CCN(Cc2ncc[nH]2)CC1. The van der Waals surface area contributed by atoms with Gasteiger partial charge in [-0.15, -0.1) is 0 Å². The van der Waals surface area contributed by atoms with Crippen molar-refractivity contribution in [3.05, 3.63) is 47.5 Å². The zero-order valence-electron chi connectivity index (χ0n) is 13.6. The second kappa shape index (κ2) is 7.68. The van der Waals surface area contributed by atoms with Crippen molar-refractivity contribution in [1.82, 2.24) is 19.8 Å². The van der Waals surface area contributed by atoms with Gasteiger partial charge >= 0.3 is 0 Å². The number of hydrogen-bond acceptors (Lipinski definition) is 4. The summed E-state index contributed by atoms with van der Waals surface area (Å²) >= 11 is 5.94. The number of aromatic amines is 1. The number of benzene rings is 1. The number of nitrogens with one attached hydrogen (secondary N) is 1. The Balaban J connectivity index is 1.49. The number of aromatic nitrogens is 2. The number of piperazine rings is 1. The van der Waals surface area contributed by atoms with Crippen LogP contribution >= 0.6 is 11.6 Å². The lowest BCUT2D eigenvalue weighted by Crippen LogP contribution is -2.51. The van der Waals surface area contributed by atoms with Gasteiger partial charge in [0.05, 0.1) is 6.54 Å². The summed E-state index contributed by atoms with van der Waals surface area (Å²) in [5.41, 5.74) is 0. The van der Waals surface area contributed by atoms with Crippen molar-refractivity contribution >= 4 is 17.5 Å². The standard InChI is InChI=1S/C17H21ClN4O2/c1-13(24-15-4-2-3-14(18)11-15)17(23)22-9-7-21(8-10-22)12-16-19-5-6-20-16/h2-6,11,13H,7-10,12H2,1H3,(H,19,20)/t13-/m0/s1. The Morgan fingerprint density at radius 2 is 2.17 bits per heavy atom. The van der Waals surface area contributed by atoms with Gasteiger partial charge in [0.2, 0.25) is 0 Å². The monoisotopic (exact) mass is 348 g/mol. The van der Waals surface area contributed by atoms with E-state index in [2.05, 4.69) is 14.9 Å². The lowest BCUT2D eigenvalue weighted by Gasteiger charge is -2.35. The molecule has 0 saturated carbocycles. The van der Waals surface area contributed by atoms with Crippen LogP contribution in [-0.2, 0) is 11.3 Å². The maximum absolute atomic E-state index is 12.5. The molecule has 1 saturated heterocycles. The molecule has 1 aromatic carbocycles. The number of nitrogens with zero attached hydrogens (tertiary/aromatic N) is 3. The minimum absolute atomic E-state index is 0.00706. The maximum atomic E-state index is 12.5. The summed E-state index contributed by atoms with van der Waals surface area (Å²) < 4.78 is 5.72. The normalized spacial score (nSPS) is 16.8. The number of halogens is 1. The van der Waals surface area contributed by atoms with Gasteiger partial charge < -0.3 is 14.6 Å². The summed E-state index contributed by atoms with van der Waals surface area (Å²) in [6, 6.07) is 7.10. The number of imidazole rings is 1. The molecule has 0 spiro atoms. The topological polar surface area (TPSA) is 61.5 Å². The van der Waals surface area contributed by atoms with E-state index in [-0.39, 0.29) is 5.91 Å². The van der Waals surface area contributed by atoms with E-state index < -0.39 is 6.10 Å². The highest BCUT2D eigenvalue weighted by atomic mass is 35.5. The Morgan fingerprint density at radius 3 is 2.83 bits per heavy atom. The third kappa shape index (κ3) is 4.27. The van der Waals surface area contributed by atoms with Crippen LogP contribution in [-0.4, -0.2) is 58.0 Å². The second-order valence-electron chi connectivity index (χ2n) is 5.85. The van der Waals surface area contributed by atoms with Gasteiger partial charge in [-0.2, -0.15) is 0 Å². The van der Waals surface area contributed by atoms with Crippen molar-refractivity contribution in [3.8, 4) is 5.75 Å². The molecule has 3 rings (SSSR count). The largest absolute Gasteiger partial charge is 0.481 e. The fraction of sp³-hybridized carbons (Fsp3) is 0.412. The number of ether oxygens (including phenoxy) is 1. The first-order valence-electron chi connectivity index (χ1n) is 8.03. The third-order valence-electron chi connectivity index (χ3n) is 4.07. The van der Waals surface area contributed by atoms with Gasteiger partial charge in [0, 0.05) is 43.6 Å². The molecule has 1 aliphatic rings. The van der Waals surface area contributed by atoms with Gasteiger partial charge in [-0.25, -0.2) is 4.98 Å². The molecular formula is C17H21ClN4O2. The van der Waals surface area contributed by atoms with Crippen molar-refractivity contribution < 1.29 is 9.53 Å². The van der Waals surface area contributed by atoms with Crippen LogP contribution in [0.2, 0.25) is 5.02 Å². The average Bonchev–Trinajstić information content (AvgIpc) is 3.08. The van der Waals surface area contributed by atoms with E-state index in [0.29, 0.717) is 23.9 Å². The van der Waals surface area contributed by atoms with Crippen LogP contribution in [0.5, 0.6) is 5.75 Å².